The van der Waals surface area contributed by atoms with E-state index in [9.17, 15) is 5.11 Å². The van der Waals surface area contributed by atoms with E-state index in [-0.39, 0.29) is 0 Å². The van der Waals surface area contributed by atoms with Gasteiger partial charge >= 0.3 is 0 Å². The number of piperidine rings is 1. The topological polar surface area (TPSA) is 44.7 Å². The Hall–Kier alpha value is -0.940. The van der Waals surface area contributed by atoms with Crippen LogP contribution in [0.25, 0.3) is 0 Å². The maximum Gasteiger partial charge on any atom is 0.0897 e. The second-order valence-electron chi connectivity index (χ2n) is 7.03. The summed E-state index contributed by atoms with van der Waals surface area (Å²) in [5, 5.41) is 13.5. The minimum absolute atomic E-state index is 0.401. The molecule has 1 heterocycles. The lowest BCUT2D eigenvalue weighted by atomic mass is 9.86. The maximum absolute atomic E-state index is 9.87. The number of methoxy groups -OCH3 is 1. The summed E-state index contributed by atoms with van der Waals surface area (Å²) in [6, 6.07) is 12.1. The fourth-order valence-corrected chi connectivity index (χ4v) is 4.38. The summed E-state index contributed by atoms with van der Waals surface area (Å²) < 4.78 is 5.02. The van der Waals surface area contributed by atoms with E-state index in [1.165, 1.54) is 31.2 Å². The molecule has 1 aromatic rings. The van der Waals surface area contributed by atoms with Crippen molar-refractivity contribution in [3.8, 4) is 0 Å². The summed E-state index contributed by atoms with van der Waals surface area (Å²) in [5.74, 6) is 0.724. The normalized spacial score (nSPS) is 29.4. The molecule has 3 rings (SSSR count). The van der Waals surface area contributed by atoms with Gasteiger partial charge in [-0.3, -0.25) is 4.90 Å². The van der Waals surface area contributed by atoms with Gasteiger partial charge < -0.3 is 15.2 Å². The van der Waals surface area contributed by atoms with Crippen LogP contribution in [0.1, 0.15) is 31.2 Å². The Labute approximate surface area is 139 Å². The smallest absolute Gasteiger partial charge is 0.0897 e. The molecule has 0 bridgehead atoms. The first-order valence-corrected chi connectivity index (χ1v) is 8.96. The lowest BCUT2D eigenvalue weighted by molar-refractivity contribution is 0.0460. The summed E-state index contributed by atoms with van der Waals surface area (Å²) in [5.41, 5.74) is 1.42. The molecule has 1 saturated carbocycles. The van der Waals surface area contributed by atoms with Crippen molar-refractivity contribution in [1.82, 2.24) is 10.2 Å². The molecular weight excluding hydrogens is 288 g/mol. The van der Waals surface area contributed by atoms with Crippen molar-refractivity contribution in [1.29, 1.82) is 0 Å². The quantitative estimate of drug-likeness (QED) is 0.807. The van der Waals surface area contributed by atoms with Gasteiger partial charge in [-0.05, 0) is 30.7 Å². The molecule has 4 atom stereocenters. The summed E-state index contributed by atoms with van der Waals surface area (Å²) in [7, 11) is 1.64. The van der Waals surface area contributed by atoms with Crippen LogP contribution in [-0.4, -0.2) is 55.0 Å². The van der Waals surface area contributed by atoms with E-state index in [0.717, 1.165) is 19.0 Å². The van der Waals surface area contributed by atoms with E-state index in [1.54, 1.807) is 7.11 Å². The summed E-state index contributed by atoms with van der Waals surface area (Å²) in [4.78, 5) is 2.68. The third-order valence-corrected chi connectivity index (χ3v) is 5.45. The lowest BCUT2D eigenvalue weighted by Crippen LogP contribution is -2.54. The summed E-state index contributed by atoms with van der Waals surface area (Å²) in [6.07, 6.45) is 4.74. The molecule has 0 spiro atoms. The molecule has 0 aromatic heterocycles. The molecule has 1 aliphatic heterocycles. The zero-order valence-electron chi connectivity index (χ0n) is 14.2. The Bertz CT molecular complexity index is 468. The van der Waals surface area contributed by atoms with Gasteiger partial charge in [0.1, 0.15) is 0 Å². The van der Waals surface area contributed by atoms with E-state index >= 15 is 0 Å². The van der Waals surface area contributed by atoms with Gasteiger partial charge in [0.15, 0.2) is 0 Å². The molecule has 1 aromatic carbocycles. The van der Waals surface area contributed by atoms with Gasteiger partial charge in [0.05, 0.1) is 12.7 Å². The Morgan fingerprint density at radius 1 is 1.26 bits per heavy atom. The van der Waals surface area contributed by atoms with Crippen molar-refractivity contribution in [2.24, 2.45) is 5.92 Å². The maximum atomic E-state index is 9.87. The Kier molecular flexibility index (Phi) is 6.06. The molecule has 1 saturated heterocycles. The molecule has 2 N–H and O–H groups in total. The monoisotopic (exact) mass is 318 g/mol. The fraction of sp³-hybridized carbons (Fsp3) is 0.684. The second kappa shape index (κ2) is 8.25. The molecule has 23 heavy (non-hydrogen) atoms. The summed E-state index contributed by atoms with van der Waals surface area (Å²) >= 11 is 0. The number of nitrogens with zero attached hydrogens (tertiary/aromatic N) is 1. The first-order valence-electron chi connectivity index (χ1n) is 8.96. The fourth-order valence-electron chi connectivity index (χ4n) is 4.38. The largest absolute Gasteiger partial charge is 0.389 e. The van der Waals surface area contributed by atoms with Crippen LogP contribution in [0.4, 0.5) is 0 Å². The Morgan fingerprint density at radius 2 is 2.09 bits per heavy atom. The number of ether oxygens (including phenoxy) is 1. The van der Waals surface area contributed by atoms with Crippen molar-refractivity contribution in [3.05, 3.63) is 35.9 Å². The van der Waals surface area contributed by atoms with Crippen molar-refractivity contribution in [2.45, 2.75) is 50.4 Å². The van der Waals surface area contributed by atoms with Crippen LogP contribution < -0.4 is 5.32 Å². The van der Waals surface area contributed by atoms with Crippen LogP contribution in [-0.2, 0) is 11.3 Å². The van der Waals surface area contributed by atoms with Crippen molar-refractivity contribution >= 4 is 0 Å². The number of nitrogens with one attached hydrogen (secondary N) is 1. The van der Waals surface area contributed by atoms with Crippen LogP contribution in [0.15, 0.2) is 30.3 Å². The first-order chi connectivity index (χ1) is 11.3. The lowest BCUT2D eigenvalue weighted by Gasteiger charge is -2.43. The van der Waals surface area contributed by atoms with Gasteiger partial charge in [-0.2, -0.15) is 0 Å². The molecule has 0 amide bonds. The minimum atomic E-state index is -0.401. The third-order valence-electron chi connectivity index (χ3n) is 5.45. The van der Waals surface area contributed by atoms with E-state index < -0.39 is 6.10 Å². The SMILES string of the molecule is COCC(O)CNC1CCN(Cc2ccccc2)C2CCCC12. The average molecular weight is 318 g/mol. The van der Waals surface area contributed by atoms with Crippen molar-refractivity contribution < 1.29 is 9.84 Å². The predicted octanol–water partition coefficient (Wildman–Crippen LogP) is 2.03. The van der Waals surface area contributed by atoms with Crippen LogP contribution in [0, 0.1) is 5.92 Å². The highest BCUT2D eigenvalue weighted by Crippen LogP contribution is 2.37. The number of rotatable bonds is 7. The van der Waals surface area contributed by atoms with Gasteiger partial charge in [-0.25, -0.2) is 0 Å². The van der Waals surface area contributed by atoms with Gasteiger partial charge in [0.2, 0.25) is 0 Å². The van der Waals surface area contributed by atoms with E-state index in [1.807, 2.05) is 0 Å². The molecule has 1 aliphatic carbocycles. The number of likely N-dealkylation sites (tertiary alicyclic amines) is 1. The molecular formula is C19H30N2O2. The van der Waals surface area contributed by atoms with Crippen molar-refractivity contribution in [2.75, 3.05) is 26.8 Å². The van der Waals surface area contributed by atoms with E-state index in [0.29, 0.717) is 25.2 Å². The highest BCUT2D eigenvalue weighted by atomic mass is 16.5. The standard InChI is InChI=1S/C19H30N2O2/c1-23-14-16(22)12-20-18-10-11-21(19-9-5-8-17(18)19)13-15-6-3-2-4-7-15/h2-4,6-7,16-20,22H,5,8-14H2,1H3. The van der Waals surface area contributed by atoms with Gasteiger partial charge in [0, 0.05) is 38.8 Å². The van der Waals surface area contributed by atoms with Crippen LogP contribution in [0.3, 0.4) is 0 Å². The number of aliphatic hydroxyl groups is 1. The van der Waals surface area contributed by atoms with Gasteiger partial charge in [-0.15, -0.1) is 0 Å². The average Bonchev–Trinajstić information content (AvgIpc) is 3.05. The molecule has 2 aliphatic rings. The third kappa shape index (κ3) is 4.32. The minimum Gasteiger partial charge on any atom is -0.389 e. The first kappa shape index (κ1) is 16.9. The molecule has 2 fully saturated rings. The van der Waals surface area contributed by atoms with E-state index in [4.69, 9.17) is 4.74 Å². The Morgan fingerprint density at radius 3 is 2.87 bits per heavy atom. The molecule has 4 heteroatoms. The number of hydrogen-bond donors (Lipinski definition) is 2. The van der Waals surface area contributed by atoms with Gasteiger partial charge in [-0.1, -0.05) is 36.8 Å². The zero-order chi connectivity index (χ0) is 16.1. The van der Waals surface area contributed by atoms with Crippen LogP contribution >= 0.6 is 0 Å². The van der Waals surface area contributed by atoms with Crippen molar-refractivity contribution in [3.63, 3.8) is 0 Å². The summed E-state index contributed by atoms with van der Waals surface area (Å²) in [6.45, 7) is 3.27. The Balaban J connectivity index is 1.56. The number of hydrogen-bond acceptors (Lipinski definition) is 4. The van der Waals surface area contributed by atoms with Crippen LogP contribution in [0.2, 0.25) is 0 Å². The number of aliphatic hydroxyl groups excluding tert-OH is 1. The van der Waals surface area contributed by atoms with Crippen LogP contribution in [0.5, 0.6) is 0 Å². The van der Waals surface area contributed by atoms with E-state index in [2.05, 4.69) is 40.5 Å². The number of benzene rings is 1. The molecule has 0 radical (unpaired) electrons. The second-order valence-corrected chi connectivity index (χ2v) is 7.03. The molecule has 128 valence electrons. The van der Waals surface area contributed by atoms with Gasteiger partial charge in [0.25, 0.3) is 0 Å². The zero-order valence-corrected chi connectivity index (χ0v) is 14.2. The molecule has 4 unspecified atom stereocenters. The highest BCUT2D eigenvalue weighted by Gasteiger charge is 2.40. The highest BCUT2D eigenvalue weighted by molar-refractivity contribution is 5.15. The number of fused-ring (bicyclic) bond motifs is 1. The molecule has 4 nitrogen and oxygen atoms in total. The predicted molar refractivity (Wildman–Crippen MR) is 92.3 cm³/mol.